The fourth-order valence-electron chi connectivity index (χ4n) is 3.02. The molecule has 2 N–H and O–H groups in total. The number of carboxylic acids is 1. The van der Waals surface area contributed by atoms with Crippen molar-refractivity contribution in [2.24, 2.45) is 0 Å². The average molecular weight is 266 g/mol. The molecule has 0 bridgehead atoms. The van der Waals surface area contributed by atoms with Gasteiger partial charge in [-0.1, -0.05) is 6.42 Å². The third-order valence-electron chi connectivity index (χ3n) is 4.40. The SMILES string of the molecule is CC(C(=O)O)=C(C)C(=O)NC1CCN2CCCCC12. The minimum Gasteiger partial charge on any atom is -0.478 e. The van der Waals surface area contributed by atoms with Crippen LogP contribution in [-0.4, -0.2) is 47.1 Å². The molecule has 0 aromatic carbocycles. The van der Waals surface area contributed by atoms with Crippen LogP contribution in [0.1, 0.15) is 39.5 Å². The van der Waals surface area contributed by atoms with Crippen LogP contribution in [0.2, 0.25) is 0 Å². The summed E-state index contributed by atoms with van der Waals surface area (Å²) in [6.45, 7) is 5.21. The van der Waals surface area contributed by atoms with Crippen LogP contribution in [0.3, 0.4) is 0 Å². The molecule has 2 saturated heterocycles. The predicted octanol–water partition coefficient (Wildman–Crippen LogP) is 1.15. The second kappa shape index (κ2) is 5.74. The zero-order valence-electron chi connectivity index (χ0n) is 11.6. The Bertz CT molecular complexity index is 417. The van der Waals surface area contributed by atoms with Gasteiger partial charge in [-0.2, -0.15) is 0 Å². The van der Waals surface area contributed by atoms with E-state index in [2.05, 4.69) is 10.2 Å². The van der Waals surface area contributed by atoms with Crippen molar-refractivity contribution in [2.75, 3.05) is 13.1 Å². The van der Waals surface area contributed by atoms with Crippen LogP contribution in [0, 0.1) is 0 Å². The Morgan fingerprint density at radius 1 is 1.11 bits per heavy atom. The number of hydrogen-bond donors (Lipinski definition) is 2. The fourth-order valence-corrected chi connectivity index (χ4v) is 3.02. The molecule has 2 unspecified atom stereocenters. The normalized spacial score (nSPS) is 28.5. The smallest absolute Gasteiger partial charge is 0.331 e. The van der Waals surface area contributed by atoms with Crippen molar-refractivity contribution in [3.8, 4) is 0 Å². The van der Waals surface area contributed by atoms with Gasteiger partial charge in [-0.15, -0.1) is 0 Å². The molecule has 0 aromatic heterocycles. The van der Waals surface area contributed by atoms with Gasteiger partial charge in [0.2, 0.25) is 5.91 Å². The van der Waals surface area contributed by atoms with E-state index in [4.69, 9.17) is 5.11 Å². The minimum absolute atomic E-state index is 0.121. The summed E-state index contributed by atoms with van der Waals surface area (Å²) in [4.78, 5) is 25.4. The number of carbonyl (C=O) groups is 2. The maximum Gasteiger partial charge on any atom is 0.331 e. The lowest BCUT2D eigenvalue weighted by Gasteiger charge is -2.32. The Kier molecular flexibility index (Phi) is 4.24. The quantitative estimate of drug-likeness (QED) is 0.752. The van der Waals surface area contributed by atoms with Crippen molar-refractivity contribution in [1.29, 1.82) is 0 Å². The van der Waals surface area contributed by atoms with Gasteiger partial charge in [0.05, 0.1) is 0 Å². The molecule has 1 amide bonds. The summed E-state index contributed by atoms with van der Waals surface area (Å²) >= 11 is 0. The number of piperidine rings is 1. The number of nitrogens with one attached hydrogen (secondary N) is 1. The van der Waals surface area contributed by atoms with Crippen molar-refractivity contribution >= 4 is 11.9 Å². The summed E-state index contributed by atoms with van der Waals surface area (Å²) < 4.78 is 0. The van der Waals surface area contributed by atoms with Crippen LogP contribution in [-0.2, 0) is 9.59 Å². The first-order valence-corrected chi connectivity index (χ1v) is 6.96. The minimum atomic E-state index is -1.03. The van der Waals surface area contributed by atoms with Crippen molar-refractivity contribution in [3.05, 3.63) is 11.1 Å². The van der Waals surface area contributed by atoms with Gasteiger partial charge >= 0.3 is 5.97 Å². The molecule has 106 valence electrons. The number of aliphatic carboxylic acids is 1. The molecule has 2 aliphatic heterocycles. The molecule has 0 aliphatic carbocycles. The first kappa shape index (κ1) is 14.1. The highest BCUT2D eigenvalue weighted by Crippen LogP contribution is 2.27. The molecule has 5 heteroatoms. The van der Waals surface area contributed by atoms with Gasteiger partial charge in [-0.05, 0) is 39.7 Å². The van der Waals surface area contributed by atoms with Crippen LogP contribution in [0.4, 0.5) is 0 Å². The molecule has 19 heavy (non-hydrogen) atoms. The summed E-state index contributed by atoms with van der Waals surface area (Å²) in [7, 11) is 0. The van der Waals surface area contributed by atoms with Gasteiger partial charge in [-0.25, -0.2) is 4.79 Å². The Morgan fingerprint density at radius 2 is 1.84 bits per heavy atom. The first-order chi connectivity index (χ1) is 9.00. The molecule has 2 rings (SSSR count). The molecule has 2 atom stereocenters. The van der Waals surface area contributed by atoms with E-state index in [1.807, 2.05) is 0 Å². The lowest BCUT2D eigenvalue weighted by Crippen LogP contribution is -2.47. The number of amides is 1. The van der Waals surface area contributed by atoms with Crippen LogP contribution < -0.4 is 5.32 Å². The maximum absolute atomic E-state index is 12.1. The van der Waals surface area contributed by atoms with Gasteiger partial charge < -0.3 is 10.4 Å². The van der Waals surface area contributed by atoms with E-state index in [1.54, 1.807) is 6.92 Å². The molecule has 2 heterocycles. The maximum atomic E-state index is 12.1. The van der Waals surface area contributed by atoms with Crippen molar-refractivity contribution in [1.82, 2.24) is 10.2 Å². The van der Waals surface area contributed by atoms with E-state index < -0.39 is 5.97 Å². The lowest BCUT2D eigenvalue weighted by atomic mass is 9.98. The molecular weight excluding hydrogens is 244 g/mol. The average Bonchev–Trinajstić information content (AvgIpc) is 2.80. The van der Waals surface area contributed by atoms with E-state index in [0.717, 1.165) is 25.9 Å². The zero-order valence-corrected chi connectivity index (χ0v) is 11.6. The Morgan fingerprint density at radius 3 is 2.53 bits per heavy atom. The van der Waals surface area contributed by atoms with Gasteiger partial charge in [0, 0.05) is 29.8 Å². The summed E-state index contributed by atoms with van der Waals surface area (Å²) in [5.74, 6) is -1.27. The second-order valence-electron chi connectivity index (χ2n) is 5.52. The van der Waals surface area contributed by atoms with Crippen molar-refractivity contribution < 1.29 is 14.7 Å². The second-order valence-corrected chi connectivity index (χ2v) is 5.52. The van der Waals surface area contributed by atoms with E-state index >= 15 is 0 Å². The van der Waals surface area contributed by atoms with Gasteiger partial charge in [0.1, 0.15) is 0 Å². The third-order valence-corrected chi connectivity index (χ3v) is 4.40. The molecule has 5 nitrogen and oxygen atoms in total. The summed E-state index contributed by atoms with van der Waals surface area (Å²) in [5.41, 5.74) is 0.428. The number of nitrogens with zero attached hydrogens (tertiary/aromatic N) is 1. The topological polar surface area (TPSA) is 69.6 Å². The molecule has 0 saturated carbocycles. The number of hydrogen-bond acceptors (Lipinski definition) is 3. The third kappa shape index (κ3) is 2.97. The zero-order chi connectivity index (χ0) is 14.0. The van der Waals surface area contributed by atoms with Gasteiger partial charge in [0.25, 0.3) is 0 Å². The first-order valence-electron chi connectivity index (χ1n) is 6.96. The highest BCUT2D eigenvalue weighted by atomic mass is 16.4. The number of carbonyl (C=O) groups excluding carboxylic acids is 1. The van der Waals surface area contributed by atoms with Gasteiger partial charge in [0.15, 0.2) is 0 Å². The largest absolute Gasteiger partial charge is 0.478 e. The van der Waals surface area contributed by atoms with Crippen LogP contribution in [0.15, 0.2) is 11.1 Å². The lowest BCUT2D eigenvalue weighted by molar-refractivity contribution is -0.133. The monoisotopic (exact) mass is 266 g/mol. The van der Waals surface area contributed by atoms with Crippen LogP contribution >= 0.6 is 0 Å². The Labute approximate surface area is 113 Å². The Balaban J connectivity index is 2.00. The van der Waals surface area contributed by atoms with Crippen LogP contribution in [0.25, 0.3) is 0 Å². The number of carboxylic acid groups (broad SMARTS) is 1. The van der Waals surface area contributed by atoms with Gasteiger partial charge in [-0.3, -0.25) is 9.69 Å². The molecular formula is C14H22N2O3. The van der Waals surface area contributed by atoms with E-state index in [9.17, 15) is 9.59 Å². The van der Waals surface area contributed by atoms with E-state index in [-0.39, 0.29) is 17.5 Å². The predicted molar refractivity (Wildman–Crippen MR) is 71.8 cm³/mol. The van der Waals surface area contributed by atoms with E-state index in [0.29, 0.717) is 11.6 Å². The number of fused-ring (bicyclic) bond motifs is 1. The number of rotatable bonds is 3. The summed E-state index contributed by atoms with van der Waals surface area (Å²) in [6, 6.07) is 0.611. The molecule has 2 fully saturated rings. The summed E-state index contributed by atoms with van der Waals surface area (Å²) in [5, 5.41) is 11.9. The fraction of sp³-hybridized carbons (Fsp3) is 0.714. The molecule has 0 radical (unpaired) electrons. The van der Waals surface area contributed by atoms with Crippen molar-refractivity contribution in [3.63, 3.8) is 0 Å². The highest BCUT2D eigenvalue weighted by Gasteiger charge is 2.36. The van der Waals surface area contributed by atoms with Crippen molar-refractivity contribution in [2.45, 2.75) is 51.6 Å². The highest BCUT2D eigenvalue weighted by molar-refractivity contribution is 6.01. The standard InChI is InChI=1S/C14H22N2O3/c1-9(10(2)14(18)19)13(17)15-11-6-8-16-7-4-3-5-12(11)16/h11-12H,3-8H2,1-2H3,(H,15,17)(H,18,19). The molecule has 2 aliphatic rings. The Hall–Kier alpha value is -1.36. The van der Waals surface area contributed by atoms with Crippen LogP contribution in [0.5, 0.6) is 0 Å². The summed E-state index contributed by atoms with van der Waals surface area (Å²) in [6.07, 6.45) is 4.56. The van der Waals surface area contributed by atoms with E-state index in [1.165, 1.54) is 19.8 Å². The molecule has 0 aromatic rings. The molecule has 0 spiro atoms.